The molecule has 0 aliphatic carbocycles. The van der Waals surface area contributed by atoms with Gasteiger partial charge in [0.1, 0.15) is 0 Å². The molecule has 1 unspecified atom stereocenters. The van der Waals surface area contributed by atoms with Gasteiger partial charge in [0.15, 0.2) is 5.78 Å². The Balaban J connectivity index is 2.27. The highest BCUT2D eigenvalue weighted by Gasteiger charge is 2.26. The third-order valence-corrected chi connectivity index (χ3v) is 5.14. The smallest absolute Gasteiger partial charge is 0.261 e. The Labute approximate surface area is 147 Å². The van der Waals surface area contributed by atoms with Crippen LogP contribution >= 0.6 is 0 Å². The molecule has 0 radical (unpaired) electrons. The van der Waals surface area contributed by atoms with Gasteiger partial charge in [-0.15, -0.1) is 0 Å². The lowest BCUT2D eigenvalue weighted by atomic mass is 9.89. The largest absolute Gasteiger partial charge is 0.312 e. The molecule has 0 N–H and O–H groups in total. The number of nitrogens with zero attached hydrogens (tertiary/aromatic N) is 2. The van der Waals surface area contributed by atoms with Gasteiger partial charge in [0.05, 0.1) is 11.1 Å². The zero-order chi connectivity index (χ0) is 18.3. The van der Waals surface area contributed by atoms with Crippen molar-refractivity contribution in [2.24, 2.45) is 7.05 Å². The zero-order valence-corrected chi connectivity index (χ0v) is 15.3. The Bertz CT molecular complexity index is 927. The number of anilines is 1. The van der Waals surface area contributed by atoms with Gasteiger partial charge in [0, 0.05) is 32.6 Å². The molecule has 1 aromatic carbocycles. The highest BCUT2D eigenvalue weighted by Crippen LogP contribution is 2.37. The summed E-state index contributed by atoms with van der Waals surface area (Å²) in [5.41, 5.74) is 2.70. The lowest BCUT2D eigenvalue weighted by Gasteiger charge is -2.33. The van der Waals surface area contributed by atoms with Gasteiger partial charge in [0.25, 0.3) is 5.56 Å². The molecule has 132 valence electrons. The minimum Gasteiger partial charge on any atom is -0.312 e. The van der Waals surface area contributed by atoms with Crippen LogP contribution < -0.4 is 10.5 Å². The first-order valence-electron chi connectivity index (χ1n) is 8.84. The molecule has 0 saturated carbocycles. The van der Waals surface area contributed by atoms with Crippen molar-refractivity contribution in [1.82, 2.24) is 4.57 Å². The van der Waals surface area contributed by atoms with Gasteiger partial charge in [-0.05, 0) is 47.9 Å². The van der Waals surface area contributed by atoms with Crippen molar-refractivity contribution >= 4 is 28.3 Å². The number of fused-ring (bicyclic) bond motifs is 2. The Morgan fingerprint density at radius 1 is 1.24 bits per heavy atom. The molecule has 3 rings (SSSR count). The number of Topliss-reactive ketones (excluding diaryl/α,β-unsaturated/α-hetero) is 1. The van der Waals surface area contributed by atoms with E-state index in [4.69, 9.17) is 0 Å². The molecule has 1 aromatic heterocycles. The molecule has 0 spiro atoms. The number of aromatic nitrogens is 1. The molecular formula is C20H24N2O3. The average Bonchev–Trinajstić information content (AvgIpc) is 2.57. The molecule has 0 saturated heterocycles. The van der Waals surface area contributed by atoms with E-state index >= 15 is 0 Å². The number of rotatable bonds is 3. The van der Waals surface area contributed by atoms with Crippen LogP contribution in [0, 0.1) is 0 Å². The van der Waals surface area contributed by atoms with E-state index in [-0.39, 0.29) is 22.8 Å². The van der Waals surface area contributed by atoms with Gasteiger partial charge in [-0.2, -0.15) is 0 Å². The molecule has 25 heavy (non-hydrogen) atoms. The van der Waals surface area contributed by atoms with Gasteiger partial charge >= 0.3 is 0 Å². The standard InChI is InChI=1S/C20H24N2O3/c1-5-6-19(24)16-10-14-9-15-12(2)7-8-22(13(3)23)18(15)11-17(14)21(4)20(16)25/h9-12H,5-8H2,1-4H3. The maximum Gasteiger partial charge on any atom is 0.261 e. The van der Waals surface area contributed by atoms with Crippen molar-refractivity contribution in [3.05, 3.63) is 39.7 Å². The molecular weight excluding hydrogens is 316 g/mol. The van der Waals surface area contributed by atoms with E-state index in [1.165, 1.54) is 4.57 Å². The van der Waals surface area contributed by atoms with E-state index in [0.29, 0.717) is 18.9 Å². The normalized spacial score (nSPS) is 16.8. The Kier molecular flexibility index (Phi) is 4.50. The van der Waals surface area contributed by atoms with Crippen LogP contribution in [0.4, 0.5) is 5.69 Å². The molecule has 2 aromatic rings. The van der Waals surface area contributed by atoms with Crippen molar-refractivity contribution in [2.75, 3.05) is 11.4 Å². The second kappa shape index (κ2) is 6.47. The van der Waals surface area contributed by atoms with Gasteiger partial charge in [0.2, 0.25) is 5.91 Å². The summed E-state index contributed by atoms with van der Waals surface area (Å²) in [4.78, 5) is 38.7. The number of hydrogen-bond acceptors (Lipinski definition) is 3. The first-order valence-corrected chi connectivity index (χ1v) is 8.84. The van der Waals surface area contributed by atoms with E-state index in [2.05, 4.69) is 6.92 Å². The lowest BCUT2D eigenvalue weighted by Crippen LogP contribution is -2.34. The minimum absolute atomic E-state index is 0.00671. The highest BCUT2D eigenvalue weighted by atomic mass is 16.2. The van der Waals surface area contributed by atoms with E-state index in [0.717, 1.165) is 35.0 Å². The summed E-state index contributed by atoms with van der Waals surface area (Å²) in [6, 6.07) is 5.67. The molecule has 5 nitrogen and oxygen atoms in total. The van der Waals surface area contributed by atoms with Crippen LogP contribution in [0.15, 0.2) is 23.0 Å². The van der Waals surface area contributed by atoms with Crippen LogP contribution in [0.25, 0.3) is 10.9 Å². The predicted octanol–water partition coefficient (Wildman–Crippen LogP) is 3.38. The SMILES string of the molecule is CCCC(=O)c1cc2cc3c(cc2n(C)c1=O)N(C(C)=O)CCC3C. The van der Waals surface area contributed by atoms with Crippen molar-refractivity contribution in [3.63, 3.8) is 0 Å². The summed E-state index contributed by atoms with van der Waals surface area (Å²) in [6.45, 7) is 6.33. The molecule has 1 aliphatic rings. The predicted molar refractivity (Wildman–Crippen MR) is 99.5 cm³/mol. The van der Waals surface area contributed by atoms with Crippen molar-refractivity contribution in [3.8, 4) is 0 Å². The van der Waals surface area contributed by atoms with E-state index < -0.39 is 0 Å². The van der Waals surface area contributed by atoms with Gasteiger partial charge < -0.3 is 9.47 Å². The Morgan fingerprint density at radius 3 is 2.60 bits per heavy atom. The van der Waals surface area contributed by atoms with Crippen molar-refractivity contribution in [2.45, 2.75) is 46.0 Å². The monoisotopic (exact) mass is 340 g/mol. The van der Waals surface area contributed by atoms with Crippen LogP contribution in [0.3, 0.4) is 0 Å². The molecule has 0 fully saturated rings. The molecule has 1 atom stereocenters. The van der Waals surface area contributed by atoms with Crippen molar-refractivity contribution < 1.29 is 9.59 Å². The van der Waals surface area contributed by atoms with Crippen LogP contribution in [0.1, 0.15) is 61.9 Å². The van der Waals surface area contributed by atoms with Gasteiger partial charge in [-0.25, -0.2) is 0 Å². The topological polar surface area (TPSA) is 59.4 Å². The fourth-order valence-corrected chi connectivity index (χ4v) is 3.64. The Hall–Kier alpha value is -2.43. The third-order valence-electron chi connectivity index (χ3n) is 5.14. The summed E-state index contributed by atoms with van der Waals surface area (Å²) < 4.78 is 1.52. The van der Waals surface area contributed by atoms with Crippen molar-refractivity contribution in [1.29, 1.82) is 0 Å². The van der Waals surface area contributed by atoms with Gasteiger partial charge in [-0.3, -0.25) is 14.4 Å². The number of carbonyl (C=O) groups excluding carboxylic acids is 2. The summed E-state index contributed by atoms with van der Waals surface area (Å²) in [6.07, 6.45) is 2.00. The zero-order valence-electron chi connectivity index (χ0n) is 15.3. The number of ketones is 1. The number of hydrogen-bond donors (Lipinski definition) is 0. The second-order valence-corrected chi connectivity index (χ2v) is 6.93. The summed E-state index contributed by atoms with van der Waals surface area (Å²) in [7, 11) is 1.68. The lowest BCUT2D eigenvalue weighted by molar-refractivity contribution is -0.116. The number of pyridine rings is 1. The van der Waals surface area contributed by atoms with Crippen LogP contribution in [-0.4, -0.2) is 22.8 Å². The maximum atomic E-state index is 12.6. The van der Waals surface area contributed by atoms with E-state index in [9.17, 15) is 14.4 Å². The van der Waals surface area contributed by atoms with Gasteiger partial charge in [-0.1, -0.05) is 13.8 Å². The molecule has 1 amide bonds. The summed E-state index contributed by atoms with van der Waals surface area (Å²) in [5, 5.41) is 0.873. The number of benzene rings is 1. The first-order chi connectivity index (χ1) is 11.8. The summed E-state index contributed by atoms with van der Waals surface area (Å²) >= 11 is 0. The minimum atomic E-state index is -0.274. The number of amides is 1. The third kappa shape index (κ3) is 2.88. The second-order valence-electron chi connectivity index (χ2n) is 6.93. The van der Waals surface area contributed by atoms with E-state index in [1.807, 2.05) is 19.1 Å². The first kappa shape index (κ1) is 17.4. The molecule has 0 bridgehead atoms. The average molecular weight is 340 g/mol. The fourth-order valence-electron chi connectivity index (χ4n) is 3.64. The van der Waals surface area contributed by atoms with Crippen LogP contribution in [0.2, 0.25) is 0 Å². The molecule has 1 aliphatic heterocycles. The Morgan fingerprint density at radius 2 is 1.96 bits per heavy atom. The van der Waals surface area contributed by atoms with E-state index in [1.54, 1.807) is 24.9 Å². The van der Waals surface area contributed by atoms with Crippen LogP contribution in [0.5, 0.6) is 0 Å². The maximum absolute atomic E-state index is 12.6. The number of carbonyl (C=O) groups is 2. The fraction of sp³-hybridized carbons (Fsp3) is 0.450. The number of aryl methyl sites for hydroxylation is 1. The van der Waals surface area contributed by atoms with Crippen LogP contribution in [-0.2, 0) is 11.8 Å². The quantitative estimate of drug-likeness (QED) is 0.805. The molecule has 2 heterocycles. The molecule has 5 heteroatoms. The highest BCUT2D eigenvalue weighted by molar-refractivity contribution is 6.01. The summed E-state index contributed by atoms with van der Waals surface area (Å²) in [5.74, 6) is 0.232.